The molecule has 0 spiro atoms. The third-order valence-corrected chi connectivity index (χ3v) is 2.76. The van der Waals surface area contributed by atoms with Crippen LogP contribution in [0.15, 0.2) is 30.9 Å². The van der Waals surface area contributed by atoms with E-state index in [1.54, 1.807) is 6.07 Å². The maximum absolute atomic E-state index is 12.1. The third kappa shape index (κ3) is 5.09. The molecule has 2 N–H and O–H groups in total. The molecule has 21 heavy (non-hydrogen) atoms. The van der Waals surface area contributed by atoms with Crippen molar-refractivity contribution in [1.82, 2.24) is 5.32 Å². The summed E-state index contributed by atoms with van der Waals surface area (Å²) < 4.78 is 10.1. The fourth-order valence-electron chi connectivity index (χ4n) is 1.54. The van der Waals surface area contributed by atoms with Crippen molar-refractivity contribution in [2.75, 3.05) is 20.3 Å². The minimum Gasteiger partial charge on any atom is -0.496 e. The Labute approximate surface area is 127 Å². The number of carbonyl (C=O) groups excluding carboxylic acids is 1. The monoisotopic (exact) mass is 313 g/mol. The van der Waals surface area contributed by atoms with Crippen LogP contribution in [-0.2, 0) is 9.53 Å². The number of carboxylic acid groups (broad SMARTS) is 1. The van der Waals surface area contributed by atoms with Crippen molar-refractivity contribution in [3.8, 4) is 5.75 Å². The molecule has 1 atom stereocenters. The summed E-state index contributed by atoms with van der Waals surface area (Å²) >= 11 is 5.83. The van der Waals surface area contributed by atoms with E-state index in [9.17, 15) is 9.59 Å². The highest BCUT2D eigenvalue weighted by molar-refractivity contribution is 6.31. The van der Waals surface area contributed by atoms with E-state index >= 15 is 0 Å². The van der Waals surface area contributed by atoms with Crippen LogP contribution in [-0.4, -0.2) is 43.3 Å². The van der Waals surface area contributed by atoms with Crippen molar-refractivity contribution in [2.24, 2.45) is 0 Å². The number of benzene rings is 1. The maximum atomic E-state index is 12.1. The Hall–Kier alpha value is -2.05. The smallest absolute Gasteiger partial charge is 0.328 e. The fraction of sp³-hybridized carbons (Fsp3) is 0.286. The molecule has 6 nitrogen and oxygen atoms in total. The molecule has 0 saturated heterocycles. The van der Waals surface area contributed by atoms with Gasteiger partial charge in [-0.25, -0.2) is 4.79 Å². The fourth-order valence-corrected chi connectivity index (χ4v) is 1.71. The highest BCUT2D eigenvalue weighted by atomic mass is 35.5. The second kappa shape index (κ2) is 8.28. The zero-order valence-electron chi connectivity index (χ0n) is 11.5. The van der Waals surface area contributed by atoms with Gasteiger partial charge in [-0.1, -0.05) is 17.7 Å². The maximum Gasteiger partial charge on any atom is 0.328 e. The van der Waals surface area contributed by atoms with Gasteiger partial charge >= 0.3 is 5.97 Å². The summed E-state index contributed by atoms with van der Waals surface area (Å²) in [6.07, 6.45) is 1.49. The quantitative estimate of drug-likeness (QED) is 0.564. The van der Waals surface area contributed by atoms with Gasteiger partial charge in [0.15, 0.2) is 6.04 Å². The summed E-state index contributed by atoms with van der Waals surface area (Å²) in [5.41, 5.74) is 0.153. The van der Waals surface area contributed by atoms with Crippen LogP contribution in [0.25, 0.3) is 0 Å². The number of ether oxygens (including phenoxy) is 2. The molecular formula is C14H16ClNO5. The van der Waals surface area contributed by atoms with E-state index < -0.39 is 17.9 Å². The summed E-state index contributed by atoms with van der Waals surface area (Å²) in [6.45, 7) is 3.48. The topological polar surface area (TPSA) is 84.9 Å². The van der Waals surface area contributed by atoms with E-state index in [1.165, 1.54) is 25.3 Å². The minimum absolute atomic E-state index is 0.153. The zero-order valence-corrected chi connectivity index (χ0v) is 12.2. The molecule has 0 heterocycles. The number of hydrogen-bond acceptors (Lipinski definition) is 4. The lowest BCUT2D eigenvalue weighted by Gasteiger charge is -2.15. The van der Waals surface area contributed by atoms with Gasteiger partial charge < -0.3 is 19.9 Å². The molecule has 7 heteroatoms. The molecule has 0 saturated carbocycles. The second-order valence-electron chi connectivity index (χ2n) is 4.04. The molecule has 0 fully saturated rings. The first kappa shape index (κ1) is 17.0. The largest absolute Gasteiger partial charge is 0.496 e. The Morgan fingerprint density at radius 2 is 2.24 bits per heavy atom. The molecule has 0 aliphatic carbocycles. The molecule has 0 bridgehead atoms. The highest BCUT2D eigenvalue weighted by Gasteiger charge is 2.22. The molecule has 1 amide bonds. The number of nitrogens with one attached hydrogen (secondary N) is 1. The summed E-state index contributed by atoms with van der Waals surface area (Å²) in [6, 6.07) is 3.32. The zero-order chi connectivity index (χ0) is 15.8. The van der Waals surface area contributed by atoms with Gasteiger partial charge in [-0.2, -0.15) is 0 Å². The van der Waals surface area contributed by atoms with Crippen molar-refractivity contribution < 1.29 is 24.2 Å². The van der Waals surface area contributed by atoms with Crippen LogP contribution in [0.4, 0.5) is 0 Å². The Balaban J connectivity index is 2.84. The molecule has 1 unspecified atom stereocenters. The predicted octanol–water partition coefficient (Wildman–Crippen LogP) is 1.73. The molecule has 0 aliphatic heterocycles. The number of halogens is 1. The van der Waals surface area contributed by atoms with Gasteiger partial charge in [-0.05, 0) is 18.2 Å². The van der Waals surface area contributed by atoms with Gasteiger partial charge in [0.25, 0.3) is 5.91 Å². The van der Waals surface area contributed by atoms with Gasteiger partial charge in [0.1, 0.15) is 5.75 Å². The lowest BCUT2D eigenvalue weighted by atomic mass is 10.1. The molecule has 1 aromatic carbocycles. The average Bonchev–Trinajstić information content (AvgIpc) is 2.46. The molecule has 0 radical (unpaired) electrons. The summed E-state index contributed by atoms with van der Waals surface area (Å²) in [7, 11) is 1.40. The Morgan fingerprint density at radius 1 is 1.52 bits per heavy atom. The Bertz CT molecular complexity index is 532. The van der Waals surface area contributed by atoms with Crippen LogP contribution in [0.5, 0.6) is 5.75 Å². The number of aliphatic carboxylic acids is 1. The third-order valence-electron chi connectivity index (χ3n) is 2.53. The van der Waals surface area contributed by atoms with Gasteiger partial charge in [0.05, 0.1) is 25.9 Å². The van der Waals surface area contributed by atoms with Gasteiger partial charge in [-0.15, -0.1) is 6.58 Å². The normalized spacial score (nSPS) is 11.5. The van der Waals surface area contributed by atoms with E-state index in [0.29, 0.717) is 10.8 Å². The molecule has 114 valence electrons. The molecular weight excluding hydrogens is 298 g/mol. The number of amides is 1. The first-order valence-electron chi connectivity index (χ1n) is 6.05. The minimum atomic E-state index is -1.20. The summed E-state index contributed by atoms with van der Waals surface area (Å²) in [4.78, 5) is 23.2. The van der Waals surface area contributed by atoms with Gasteiger partial charge in [0, 0.05) is 5.02 Å². The van der Waals surface area contributed by atoms with Crippen LogP contribution in [0.2, 0.25) is 5.02 Å². The highest BCUT2D eigenvalue weighted by Crippen LogP contribution is 2.22. The van der Waals surface area contributed by atoms with E-state index in [0.717, 1.165) is 0 Å². The number of carboxylic acids is 1. The van der Waals surface area contributed by atoms with E-state index in [1.807, 2.05) is 0 Å². The molecule has 1 aromatic rings. The van der Waals surface area contributed by atoms with Gasteiger partial charge in [-0.3, -0.25) is 4.79 Å². The Morgan fingerprint density at radius 3 is 2.81 bits per heavy atom. The van der Waals surface area contributed by atoms with Crippen molar-refractivity contribution >= 4 is 23.5 Å². The first-order chi connectivity index (χ1) is 9.99. The number of methoxy groups -OCH3 is 1. The van der Waals surface area contributed by atoms with Crippen molar-refractivity contribution in [2.45, 2.75) is 6.04 Å². The van der Waals surface area contributed by atoms with Crippen LogP contribution in [0.1, 0.15) is 10.4 Å². The van der Waals surface area contributed by atoms with Crippen molar-refractivity contribution in [1.29, 1.82) is 0 Å². The Kier molecular flexibility index (Phi) is 6.71. The summed E-state index contributed by atoms with van der Waals surface area (Å²) in [5, 5.41) is 11.8. The number of rotatable bonds is 8. The van der Waals surface area contributed by atoms with Crippen molar-refractivity contribution in [3.05, 3.63) is 41.4 Å². The average molecular weight is 314 g/mol. The van der Waals surface area contributed by atoms with Gasteiger partial charge in [0.2, 0.25) is 0 Å². The van der Waals surface area contributed by atoms with Crippen LogP contribution in [0, 0.1) is 0 Å². The van der Waals surface area contributed by atoms with E-state index in [-0.39, 0.29) is 18.8 Å². The summed E-state index contributed by atoms with van der Waals surface area (Å²) in [5.74, 6) is -1.51. The lowest BCUT2D eigenvalue weighted by molar-refractivity contribution is -0.140. The van der Waals surface area contributed by atoms with Crippen LogP contribution < -0.4 is 10.1 Å². The van der Waals surface area contributed by atoms with E-state index in [4.69, 9.17) is 26.2 Å². The molecule has 0 aliphatic rings. The molecule has 1 rings (SSSR count). The van der Waals surface area contributed by atoms with Crippen LogP contribution in [0.3, 0.4) is 0 Å². The lowest BCUT2D eigenvalue weighted by Crippen LogP contribution is -2.44. The SMILES string of the molecule is C=CCOCC(NC(=O)c1cc(Cl)ccc1OC)C(=O)O. The first-order valence-corrected chi connectivity index (χ1v) is 6.43. The number of hydrogen-bond donors (Lipinski definition) is 2. The van der Waals surface area contributed by atoms with E-state index in [2.05, 4.69) is 11.9 Å². The second-order valence-corrected chi connectivity index (χ2v) is 4.47. The van der Waals surface area contributed by atoms with Crippen molar-refractivity contribution in [3.63, 3.8) is 0 Å². The van der Waals surface area contributed by atoms with Crippen LogP contribution >= 0.6 is 11.6 Å². The number of carbonyl (C=O) groups is 2. The molecule has 0 aromatic heterocycles. The standard InChI is InChI=1S/C14H16ClNO5/c1-3-6-21-8-11(14(18)19)16-13(17)10-7-9(15)4-5-12(10)20-2/h3-5,7,11H,1,6,8H2,2H3,(H,16,17)(H,18,19). The predicted molar refractivity (Wildman–Crippen MR) is 77.9 cm³/mol.